The number of anilines is 1. The number of nitrogens with zero attached hydrogens (tertiary/aromatic N) is 3. The Bertz CT molecular complexity index is 638. The van der Waals surface area contributed by atoms with E-state index in [-0.39, 0.29) is 5.56 Å². The van der Waals surface area contributed by atoms with Gasteiger partial charge >= 0.3 is 0 Å². The Morgan fingerprint density at radius 2 is 1.82 bits per heavy atom. The fraction of sp³-hybridized carbons (Fsp3) is 0.375. The molecular weight excluding hydrogens is 286 g/mol. The number of aryl methyl sites for hydroxylation is 2. The fourth-order valence-electron chi connectivity index (χ4n) is 2.27. The first-order valence-electron chi connectivity index (χ1n) is 7.04. The summed E-state index contributed by atoms with van der Waals surface area (Å²) in [5.41, 5.74) is 1.59. The highest BCUT2D eigenvalue weighted by Gasteiger charge is 2.22. The summed E-state index contributed by atoms with van der Waals surface area (Å²) in [6.07, 6.45) is 1.68. The summed E-state index contributed by atoms with van der Waals surface area (Å²) in [4.78, 5) is 10.4. The second kappa shape index (κ2) is 6.79. The molecule has 0 spiro atoms. The molecule has 0 bridgehead atoms. The second-order valence-corrected chi connectivity index (χ2v) is 5.44. The Morgan fingerprint density at radius 1 is 1.18 bits per heavy atom. The molecule has 118 valence electrons. The smallest absolute Gasteiger partial charge is 0.147 e. The summed E-state index contributed by atoms with van der Waals surface area (Å²) < 4.78 is 28.0. The lowest BCUT2D eigenvalue weighted by Crippen LogP contribution is -2.29. The molecule has 1 unspecified atom stereocenters. The molecule has 0 radical (unpaired) electrons. The van der Waals surface area contributed by atoms with Crippen LogP contribution in [0.5, 0.6) is 0 Å². The lowest BCUT2D eigenvalue weighted by molar-refractivity contribution is 0.295. The normalized spacial score (nSPS) is 12.5. The molecule has 1 aromatic heterocycles. The average molecular weight is 306 g/mol. The molecule has 2 rings (SSSR count). The van der Waals surface area contributed by atoms with Crippen molar-refractivity contribution in [3.8, 4) is 0 Å². The van der Waals surface area contributed by atoms with E-state index in [1.54, 1.807) is 25.2 Å². The Morgan fingerprint density at radius 3 is 2.41 bits per heavy atom. The van der Waals surface area contributed by atoms with Crippen molar-refractivity contribution < 1.29 is 8.78 Å². The third-order valence-electron chi connectivity index (χ3n) is 3.50. The van der Waals surface area contributed by atoms with Crippen molar-refractivity contribution in [2.45, 2.75) is 19.9 Å². The molecule has 0 aliphatic rings. The number of hydrogen-bond donors (Lipinski definition) is 1. The number of rotatable bonds is 5. The maximum atomic E-state index is 14.0. The van der Waals surface area contributed by atoms with Gasteiger partial charge in [0, 0.05) is 18.3 Å². The van der Waals surface area contributed by atoms with Gasteiger partial charge in [-0.25, -0.2) is 13.8 Å². The van der Waals surface area contributed by atoms with Gasteiger partial charge < -0.3 is 10.2 Å². The zero-order chi connectivity index (χ0) is 16.3. The van der Waals surface area contributed by atoms with Gasteiger partial charge in [-0.05, 0) is 40.1 Å². The molecule has 1 heterocycles. The molecule has 1 N–H and O–H groups in total. The summed E-state index contributed by atoms with van der Waals surface area (Å²) in [6.45, 7) is 4.00. The molecule has 0 amide bonds. The van der Waals surface area contributed by atoms with Crippen molar-refractivity contribution >= 4 is 5.82 Å². The summed E-state index contributed by atoms with van der Waals surface area (Å²) in [5.74, 6) is -0.469. The zero-order valence-corrected chi connectivity index (χ0v) is 13.2. The molecule has 0 fully saturated rings. The fourth-order valence-corrected chi connectivity index (χ4v) is 2.27. The van der Waals surface area contributed by atoms with E-state index in [9.17, 15) is 8.78 Å². The van der Waals surface area contributed by atoms with E-state index in [1.807, 2.05) is 13.8 Å². The van der Waals surface area contributed by atoms with Crippen LogP contribution in [-0.2, 0) is 0 Å². The van der Waals surface area contributed by atoms with Crippen molar-refractivity contribution in [3.05, 3.63) is 53.0 Å². The van der Waals surface area contributed by atoms with Crippen LogP contribution in [0, 0.1) is 25.5 Å². The van der Waals surface area contributed by atoms with Gasteiger partial charge in [-0.2, -0.15) is 0 Å². The van der Waals surface area contributed by atoms with Gasteiger partial charge in [-0.3, -0.25) is 4.98 Å². The second-order valence-electron chi connectivity index (χ2n) is 5.44. The SMILES string of the molecule is Cc1cnc(C)c(NCC(c2c(F)cccc2F)N(C)C)n1. The monoisotopic (exact) mass is 306 g/mol. The predicted molar refractivity (Wildman–Crippen MR) is 82.8 cm³/mol. The molecule has 0 aliphatic carbocycles. The number of halogens is 2. The summed E-state index contributed by atoms with van der Waals surface area (Å²) in [7, 11) is 3.57. The van der Waals surface area contributed by atoms with Crippen LogP contribution in [0.2, 0.25) is 0 Å². The predicted octanol–water partition coefficient (Wildman–Crippen LogP) is 3.09. The lowest BCUT2D eigenvalue weighted by atomic mass is 10.0. The van der Waals surface area contributed by atoms with Crippen LogP contribution < -0.4 is 5.32 Å². The van der Waals surface area contributed by atoms with Crippen LogP contribution in [0.15, 0.2) is 24.4 Å². The van der Waals surface area contributed by atoms with Gasteiger partial charge in [0.05, 0.1) is 17.4 Å². The molecule has 6 heteroatoms. The number of benzene rings is 1. The number of hydrogen-bond acceptors (Lipinski definition) is 4. The summed E-state index contributed by atoms with van der Waals surface area (Å²) in [6, 6.07) is 3.45. The van der Waals surface area contributed by atoms with Crippen molar-refractivity contribution in [2.24, 2.45) is 0 Å². The molecule has 0 saturated carbocycles. The molecule has 1 atom stereocenters. The zero-order valence-electron chi connectivity index (χ0n) is 13.2. The first kappa shape index (κ1) is 16.3. The Hall–Kier alpha value is -2.08. The van der Waals surface area contributed by atoms with Gasteiger partial charge in [-0.1, -0.05) is 6.07 Å². The lowest BCUT2D eigenvalue weighted by Gasteiger charge is -2.26. The number of aromatic nitrogens is 2. The Labute approximate surface area is 129 Å². The highest BCUT2D eigenvalue weighted by Crippen LogP contribution is 2.25. The van der Waals surface area contributed by atoms with Crippen LogP contribution >= 0.6 is 0 Å². The van der Waals surface area contributed by atoms with E-state index < -0.39 is 17.7 Å². The van der Waals surface area contributed by atoms with E-state index in [1.165, 1.54) is 18.2 Å². The molecule has 22 heavy (non-hydrogen) atoms. The van der Waals surface area contributed by atoms with E-state index in [4.69, 9.17) is 0 Å². The minimum atomic E-state index is -0.549. The minimum absolute atomic E-state index is 0.0539. The maximum Gasteiger partial charge on any atom is 0.147 e. The minimum Gasteiger partial charge on any atom is -0.367 e. The van der Waals surface area contributed by atoms with Crippen molar-refractivity contribution in [1.29, 1.82) is 0 Å². The van der Waals surface area contributed by atoms with Crippen molar-refractivity contribution in [3.63, 3.8) is 0 Å². The molecule has 1 aromatic carbocycles. The summed E-state index contributed by atoms with van der Waals surface area (Å²) in [5, 5.41) is 3.14. The van der Waals surface area contributed by atoms with Crippen LogP contribution in [0.4, 0.5) is 14.6 Å². The highest BCUT2D eigenvalue weighted by molar-refractivity contribution is 5.40. The van der Waals surface area contributed by atoms with Crippen LogP contribution in [0.1, 0.15) is 23.0 Å². The first-order valence-corrected chi connectivity index (χ1v) is 7.04. The van der Waals surface area contributed by atoms with Crippen LogP contribution in [0.3, 0.4) is 0 Å². The van der Waals surface area contributed by atoms with Crippen molar-refractivity contribution in [2.75, 3.05) is 26.0 Å². The topological polar surface area (TPSA) is 41.1 Å². The standard InChI is InChI=1S/C16H20F2N4/c1-10-8-19-11(2)16(21-10)20-9-14(22(3)4)15-12(17)6-5-7-13(15)18/h5-8,14H,9H2,1-4H3,(H,20,21). The molecule has 0 saturated heterocycles. The largest absolute Gasteiger partial charge is 0.367 e. The summed E-state index contributed by atoms with van der Waals surface area (Å²) >= 11 is 0. The van der Waals surface area contributed by atoms with Crippen LogP contribution in [-0.4, -0.2) is 35.5 Å². The molecule has 0 aliphatic heterocycles. The van der Waals surface area contributed by atoms with Gasteiger partial charge in [0.25, 0.3) is 0 Å². The van der Waals surface area contributed by atoms with Gasteiger partial charge in [0.2, 0.25) is 0 Å². The average Bonchev–Trinajstić information content (AvgIpc) is 2.45. The molecular formula is C16H20F2N4. The third kappa shape index (κ3) is 3.57. The van der Waals surface area contributed by atoms with E-state index in [0.29, 0.717) is 12.4 Å². The van der Waals surface area contributed by atoms with E-state index >= 15 is 0 Å². The number of nitrogens with one attached hydrogen (secondary N) is 1. The highest BCUT2D eigenvalue weighted by atomic mass is 19.1. The molecule has 4 nitrogen and oxygen atoms in total. The molecule has 2 aromatic rings. The first-order chi connectivity index (χ1) is 10.4. The quantitative estimate of drug-likeness (QED) is 0.921. The van der Waals surface area contributed by atoms with Crippen molar-refractivity contribution in [1.82, 2.24) is 14.9 Å². The van der Waals surface area contributed by atoms with Gasteiger partial charge in [0.1, 0.15) is 17.5 Å². The Balaban J connectivity index is 2.25. The Kier molecular flexibility index (Phi) is 5.03. The maximum absolute atomic E-state index is 14.0. The number of likely N-dealkylation sites (N-methyl/N-ethyl adjacent to an activating group) is 1. The van der Waals surface area contributed by atoms with E-state index in [2.05, 4.69) is 15.3 Å². The third-order valence-corrected chi connectivity index (χ3v) is 3.50. The van der Waals surface area contributed by atoms with Gasteiger partial charge in [-0.15, -0.1) is 0 Å². The van der Waals surface area contributed by atoms with Crippen LogP contribution in [0.25, 0.3) is 0 Å². The van der Waals surface area contributed by atoms with Gasteiger partial charge in [0.15, 0.2) is 0 Å². The van der Waals surface area contributed by atoms with E-state index in [0.717, 1.165) is 11.4 Å².